The zero-order valence-corrected chi connectivity index (χ0v) is 10.7. The van der Waals surface area contributed by atoms with E-state index in [4.69, 9.17) is 0 Å². The first kappa shape index (κ1) is 12.8. The zero-order chi connectivity index (χ0) is 10.9. The maximum absolute atomic E-state index is 2.45. The summed E-state index contributed by atoms with van der Waals surface area (Å²) in [5, 5.41) is 0. The minimum absolute atomic E-state index is 0.847. The van der Waals surface area contributed by atoms with Crippen molar-refractivity contribution in [3.05, 3.63) is 12.2 Å². The van der Waals surface area contributed by atoms with Gasteiger partial charge in [-0.15, -0.1) is 0 Å². The summed E-state index contributed by atoms with van der Waals surface area (Å²) in [5.74, 6) is 1.76. The van der Waals surface area contributed by atoms with Gasteiger partial charge in [-0.05, 0) is 24.7 Å². The van der Waals surface area contributed by atoms with Gasteiger partial charge < -0.3 is 0 Å². The summed E-state index contributed by atoms with van der Waals surface area (Å²) < 4.78 is 0. The molecule has 88 valence electrons. The molecule has 0 saturated heterocycles. The molecular formula is C15H28. The SMILES string of the molecule is CCCCCCCCCC1C=CC(C)C1. The lowest BCUT2D eigenvalue weighted by Crippen LogP contribution is -1.95. The molecule has 0 N–H and O–H groups in total. The molecule has 15 heavy (non-hydrogen) atoms. The first-order chi connectivity index (χ1) is 7.33. The van der Waals surface area contributed by atoms with E-state index in [1.165, 1.54) is 57.8 Å². The third-order valence-corrected chi connectivity index (χ3v) is 3.56. The molecule has 1 aliphatic carbocycles. The number of allylic oxidation sites excluding steroid dienone is 2. The van der Waals surface area contributed by atoms with Crippen molar-refractivity contribution in [1.82, 2.24) is 0 Å². The molecule has 0 nitrogen and oxygen atoms in total. The lowest BCUT2D eigenvalue weighted by molar-refractivity contribution is 0.479. The highest BCUT2D eigenvalue weighted by atomic mass is 14.2. The van der Waals surface area contributed by atoms with Gasteiger partial charge in [0.05, 0.1) is 0 Å². The van der Waals surface area contributed by atoms with Crippen molar-refractivity contribution in [3.8, 4) is 0 Å². The molecule has 0 aromatic rings. The molecule has 1 rings (SSSR count). The summed E-state index contributed by atoms with van der Waals surface area (Å²) >= 11 is 0. The van der Waals surface area contributed by atoms with E-state index in [1.807, 2.05) is 0 Å². The molecule has 1 aliphatic rings. The van der Waals surface area contributed by atoms with Crippen LogP contribution in [0.25, 0.3) is 0 Å². The predicted molar refractivity (Wildman–Crippen MR) is 69.0 cm³/mol. The molecule has 0 saturated carbocycles. The molecule has 0 radical (unpaired) electrons. The summed E-state index contributed by atoms with van der Waals surface area (Å²) in [6.45, 7) is 4.62. The Labute approximate surface area is 96.2 Å². The highest BCUT2D eigenvalue weighted by Crippen LogP contribution is 2.27. The molecule has 0 aromatic carbocycles. The van der Waals surface area contributed by atoms with E-state index >= 15 is 0 Å². The van der Waals surface area contributed by atoms with E-state index < -0.39 is 0 Å². The number of unbranched alkanes of at least 4 members (excludes halogenated alkanes) is 6. The normalized spacial score (nSPS) is 24.9. The Kier molecular flexibility index (Phi) is 6.80. The molecule has 0 heterocycles. The molecule has 2 unspecified atom stereocenters. The van der Waals surface area contributed by atoms with Crippen LogP contribution in [0.5, 0.6) is 0 Å². The van der Waals surface area contributed by atoms with Crippen molar-refractivity contribution in [2.75, 3.05) is 0 Å². The van der Waals surface area contributed by atoms with Crippen LogP contribution in [-0.4, -0.2) is 0 Å². The summed E-state index contributed by atoms with van der Waals surface area (Å²) in [6, 6.07) is 0. The van der Waals surface area contributed by atoms with E-state index in [2.05, 4.69) is 26.0 Å². The Bertz CT molecular complexity index is 169. The fraction of sp³-hybridized carbons (Fsp3) is 0.867. The van der Waals surface area contributed by atoms with Crippen LogP contribution in [-0.2, 0) is 0 Å². The minimum Gasteiger partial charge on any atom is -0.0854 e. The molecule has 0 bridgehead atoms. The van der Waals surface area contributed by atoms with Gasteiger partial charge in [-0.3, -0.25) is 0 Å². The summed E-state index contributed by atoms with van der Waals surface area (Å²) in [6.07, 6.45) is 17.8. The van der Waals surface area contributed by atoms with Gasteiger partial charge in [-0.2, -0.15) is 0 Å². The monoisotopic (exact) mass is 208 g/mol. The van der Waals surface area contributed by atoms with Crippen LogP contribution in [0.4, 0.5) is 0 Å². The van der Waals surface area contributed by atoms with E-state index in [9.17, 15) is 0 Å². The van der Waals surface area contributed by atoms with Gasteiger partial charge in [0.15, 0.2) is 0 Å². The van der Waals surface area contributed by atoms with E-state index in [0.29, 0.717) is 0 Å². The van der Waals surface area contributed by atoms with Crippen LogP contribution in [0, 0.1) is 11.8 Å². The molecule has 0 aromatic heterocycles. The molecule has 0 fully saturated rings. The van der Waals surface area contributed by atoms with Gasteiger partial charge in [0.2, 0.25) is 0 Å². The summed E-state index contributed by atoms with van der Waals surface area (Å²) in [7, 11) is 0. The average molecular weight is 208 g/mol. The van der Waals surface area contributed by atoms with Gasteiger partial charge in [0.1, 0.15) is 0 Å². The van der Waals surface area contributed by atoms with Crippen molar-refractivity contribution in [2.45, 2.75) is 71.6 Å². The van der Waals surface area contributed by atoms with Crippen molar-refractivity contribution in [2.24, 2.45) is 11.8 Å². The van der Waals surface area contributed by atoms with Crippen LogP contribution in [0.15, 0.2) is 12.2 Å². The molecule has 0 aliphatic heterocycles. The Balaban J connectivity index is 1.83. The fourth-order valence-electron chi connectivity index (χ4n) is 2.56. The van der Waals surface area contributed by atoms with Gasteiger partial charge in [0.25, 0.3) is 0 Å². The van der Waals surface area contributed by atoms with Gasteiger partial charge >= 0.3 is 0 Å². The quantitative estimate of drug-likeness (QED) is 0.373. The summed E-state index contributed by atoms with van der Waals surface area (Å²) in [4.78, 5) is 0. The second-order valence-corrected chi connectivity index (χ2v) is 5.27. The highest BCUT2D eigenvalue weighted by Gasteiger charge is 2.13. The van der Waals surface area contributed by atoms with Crippen LogP contribution in [0.2, 0.25) is 0 Å². The lowest BCUT2D eigenvalue weighted by Gasteiger charge is -2.08. The first-order valence-corrected chi connectivity index (χ1v) is 7.01. The topological polar surface area (TPSA) is 0 Å². The first-order valence-electron chi connectivity index (χ1n) is 7.01. The van der Waals surface area contributed by atoms with Crippen molar-refractivity contribution in [1.29, 1.82) is 0 Å². The predicted octanol–water partition coefficient (Wildman–Crippen LogP) is 5.34. The van der Waals surface area contributed by atoms with Crippen LogP contribution in [0.1, 0.15) is 71.6 Å². The Hall–Kier alpha value is -0.260. The Morgan fingerprint density at radius 1 is 0.933 bits per heavy atom. The van der Waals surface area contributed by atoms with Gasteiger partial charge in [-0.1, -0.05) is 70.9 Å². The standard InChI is InChI=1S/C15H28/c1-3-4-5-6-7-8-9-10-15-12-11-14(2)13-15/h11-12,14-15H,3-10,13H2,1-2H3. The zero-order valence-electron chi connectivity index (χ0n) is 10.7. The van der Waals surface area contributed by atoms with Crippen molar-refractivity contribution >= 4 is 0 Å². The van der Waals surface area contributed by atoms with E-state index in [-0.39, 0.29) is 0 Å². The lowest BCUT2D eigenvalue weighted by atomic mass is 9.97. The second kappa shape index (κ2) is 7.96. The van der Waals surface area contributed by atoms with Crippen LogP contribution >= 0.6 is 0 Å². The minimum atomic E-state index is 0.847. The van der Waals surface area contributed by atoms with Crippen LogP contribution in [0.3, 0.4) is 0 Å². The number of hydrogen-bond donors (Lipinski definition) is 0. The van der Waals surface area contributed by atoms with Crippen molar-refractivity contribution < 1.29 is 0 Å². The van der Waals surface area contributed by atoms with Crippen molar-refractivity contribution in [3.63, 3.8) is 0 Å². The average Bonchev–Trinajstić information content (AvgIpc) is 2.63. The van der Waals surface area contributed by atoms with Gasteiger partial charge in [-0.25, -0.2) is 0 Å². The number of hydrogen-bond acceptors (Lipinski definition) is 0. The number of rotatable bonds is 8. The molecule has 0 amide bonds. The molecule has 0 spiro atoms. The molecule has 2 atom stereocenters. The largest absolute Gasteiger partial charge is 0.0854 e. The highest BCUT2D eigenvalue weighted by molar-refractivity contribution is 4.99. The second-order valence-electron chi connectivity index (χ2n) is 5.27. The van der Waals surface area contributed by atoms with E-state index in [0.717, 1.165) is 11.8 Å². The Morgan fingerprint density at radius 3 is 2.20 bits per heavy atom. The molecular weight excluding hydrogens is 180 g/mol. The smallest absolute Gasteiger partial charge is 0.0228 e. The maximum atomic E-state index is 2.45. The summed E-state index contributed by atoms with van der Waals surface area (Å²) in [5.41, 5.74) is 0. The Morgan fingerprint density at radius 2 is 1.60 bits per heavy atom. The third-order valence-electron chi connectivity index (χ3n) is 3.56. The maximum Gasteiger partial charge on any atom is -0.0228 e. The van der Waals surface area contributed by atoms with Gasteiger partial charge in [0, 0.05) is 0 Å². The molecule has 0 heteroatoms. The fourth-order valence-corrected chi connectivity index (χ4v) is 2.56. The van der Waals surface area contributed by atoms with E-state index in [1.54, 1.807) is 0 Å². The van der Waals surface area contributed by atoms with Crippen LogP contribution < -0.4 is 0 Å². The third kappa shape index (κ3) is 6.02.